The van der Waals surface area contributed by atoms with Crippen LogP contribution in [0, 0.1) is 0 Å². The van der Waals surface area contributed by atoms with Crippen LogP contribution in [0.15, 0.2) is 30.6 Å². The van der Waals surface area contributed by atoms with Crippen LogP contribution in [-0.4, -0.2) is 48.6 Å². The van der Waals surface area contributed by atoms with E-state index in [4.69, 9.17) is 17.3 Å². The van der Waals surface area contributed by atoms with Crippen LogP contribution >= 0.6 is 11.6 Å². The Balaban J connectivity index is 1.59. The molecule has 0 saturated carbocycles. The molecule has 1 aromatic heterocycles. The molecule has 3 heterocycles. The first-order valence-electron chi connectivity index (χ1n) is 9.66. The van der Waals surface area contributed by atoms with E-state index >= 15 is 0 Å². The highest BCUT2D eigenvalue weighted by atomic mass is 35.5. The molecule has 2 aliphatic rings. The number of nitrogens with two attached hydrogens (primary N) is 1. The lowest BCUT2D eigenvalue weighted by Gasteiger charge is -2.42. The maximum atomic E-state index is 11.4. The van der Waals surface area contributed by atoms with Gasteiger partial charge in [0.1, 0.15) is 12.0 Å². The van der Waals surface area contributed by atoms with Gasteiger partial charge in [-0.3, -0.25) is 4.79 Å². The van der Waals surface area contributed by atoms with E-state index < -0.39 is 6.17 Å². The third kappa shape index (κ3) is 3.08. The van der Waals surface area contributed by atoms with Gasteiger partial charge in [0.2, 0.25) is 0 Å². The Morgan fingerprint density at radius 2 is 2.00 bits per heavy atom. The van der Waals surface area contributed by atoms with E-state index in [1.54, 1.807) is 6.33 Å². The number of fused-ring (bicyclic) bond motifs is 1. The van der Waals surface area contributed by atoms with Crippen LogP contribution in [-0.2, 0) is 10.2 Å². The highest BCUT2D eigenvalue weighted by Gasteiger charge is 2.38. The molecule has 2 aromatic rings. The number of carbonyl (C=O) groups excluding carboxylic acids is 1. The predicted molar refractivity (Wildman–Crippen MR) is 112 cm³/mol. The number of aldehydes is 1. The van der Waals surface area contributed by atoms with E-state index in [2.05, 4.69) is 32.3 Å². The van der Waals surface area contributed by atoms with Crippen molar-refractivity contribution in [3.8, 4) is 0 Å². The molecule has 0 amide bonds. The highest BCUT2D eigenvalue weighted by molar-refractivity contribution is 6.30. The molecule has 1 aromatic carbocycles. The monoisotopic (exact) mass is 400 g/mol. The molecule has 0 spiro atoms. The Morgan fingerprint density at radius 1 is 1.29 bits per heavy atom. The first-order valence-corrected chi connectivity index (χ1v) is 10.0. The predicted octanol–water partition coefficient (Wildman–Crippen LogP) is 2.40. The lowest BCUT2D eigenvalue weighted by atomic mass is 9.73. The van der Waals surface area contributed by atoms with E-state index in [0.717, 1.165) is 54.6 Å². The van der Waals surface area contributed by atoms with Gasteiger partial charge in [-0.05, 0) is 37.5 Å². The molecule has 8 heteroatoms. The fourth-order valence-electron chi connectivity index (χ4n) is 4.35. The van der Waals surface area contributed by atoms with Gasteiger partial charge in [0.05, 0.1) is 0 Å². The summed E-state index contributed by atoms with van der Waals surface area (Å²) >= 11 is 6.06. The van der Waals surface area contributed by atoms with Crippen LogP contribution in [0.3, 0.4) is 0 Å². The van der Waals surface area contributed by atoms with Gasteiger partial charge in [-0.2, -0.15) is 0 Å². The van der Waals surface area contributed by atoms with E-state index in [1.165, 1.54) is 5.56 Å². The highest BCUT2D eigenvalue weighted by Crippen LogP contribution is 2.42. The minimum atomic E-state index is -0.391. The number of aromatic nitrogens is 2. The zero-order valence-electron chi connectivity index (χ0n) is 15.9. The quantitative estimate of drug-likeness (QED) is 0.745. The largest absolute Gasteiger partial charge is 0.355 e. The first-order chi connectivity index (χ1) is 13.6. The number of anilines is 3. The van der Waals surface area contributed by atoms with Gasteiger partial charge in [0, 0.05) is 36.6 Å². The summed E-state index contributed by atoms with van der Waals surface area (Å²) in [6.07, 6.45) is 3.94. The van der Waals surface area contributed by atoms with Crippen molar-refractivity contribution in [3.63, 3.8) is 0 Å². The number of hydrogen-bond donors (Lipinski definition) is 2. The topological polar surface area (TPSA) is 87.4 Å². The number of piperidine rings is 1. The zero-order chi connectivity index (χ0) is 19.7. The van der Waals surface area contributed by atoms with Crippen LogP contribution in [0.4, 0.5) is 17.3 Å². The van der Waals surface area contributed by atoms with Crippen molar-refractivity contribution >= 4 is 35.2 Å². The maximum Gasteiger partial charge on any atom is 0.162 e. The number of likely N-dealkylation sites (N-methyl/N-ethyl adjacent to an activating group) is 1. The summed E-state index contributed by atoms with van der Waals surface area (Å²) in [7, 11) is 0. The second-order valence-electron chi connectivity index (χ2n) is 7.38. The third-order valence-corrected chi connectivity index (χ3v) is 6.30. The van der Waals surface area contributed by atoms with Crippen LogP contribution < -0.4 is 20.9 Å². The van der Waals surface area contributed by atoms with Gasteiger partial charge in [-0.15, -0.1) is 0 Å². The molecule has 148 valence electrons. The molecule has 1 unspecified atom stereocenters. The molecule has 1 saturated heterocycles. The summed E-state index contributed by atoms with van der Waals surface area (Å²) < 4.78 is 0. The van der Waals surface area contributed by atoms with Crippen molar-refractivity contribution in [3.05, 3.63) is 41.2 Å². The Bertz CT molecular complexity index is 850. The third-order valence-electron chi connectivity index (χ3n) is 6.05. The van der Waals surface area contributed by atoms with Gasteiger partial charge < -0.3 is 20.9 Å². The summed E-state index contributed by atoms with van der Waals surface area (Å²) in [5.74, 6) is 1.60. The average Bonchev–Trinajstić information content (AvgIpc) is 3.12. The second kappa shape index (κ2) is 7.56. The minimum Gasteiger partial charge on any atom is -0.355 e. The fourth-order valence-corrected chi connectivity index (χ4v) is 4.48. The number of hydrogen-bond acceptors (Lipinski definition) is 7. The van der Waals surface area contributed by atoms with Gasteiger partial charge >= 0.3 is 0 Å². The summed E-state index contributed by atoms with van der Waals surface area (Å²) in [4.78, 5) is 24.6. The molecule has 1 fully saturated rings. The lowest BCUT2D eigenvalue weighted by Crippen LogP contribution is -2.47. The van der Waals surface area contributed by atoms with E-state index in [0.29, 0.717) is 13.1 Å². The normalized spacial score (nSPS) is 20.6. The molecule has 4 rings (SSSR count). The number of nitrogens with zero attached hydrogens (tertiary/aromatic N) is 4. The van der Waals surface area contributed by atoms with Gasteiger partial charge in [-0.25, -0.2) is 9.97 Å². The average molecular weight is 401 g/mol. The molecule has 0 aliphatic carbocycles. The lowest BCUT2D eigenvalue weighted by molar-refractivity contribution is -0.108. The fraction of sp³-hybridized carbons (Fsp3) is 0.450. The smallest absolute Gasteiger partial charge is 0.162 e. The SMILES string of the molecule is CCN1c2c(ncnc2N2CCC(CN)(c3ccc(Cl)cc3)CC2)NC1C=O. The molecular formula is C20H25ClN6O. The van der Waals surface area contributed by atoms with Crippen LogP contribution in [0.5, 0.6) is 0 Å². The second-order valence-corrected chi connectivity index (χ2v) is 7.82. The Kier molecular flexibility index (Phi) is 5.12. The Labute approximate surface area is 169 Å². The molecular weight excluding hydrogens is 376 g/mol. The van der Waals surface area contributed by atoms with Crippen LogP contribution in [0.25, 0.3) is 0 Å². The molecule has 28 heavy (non-hydrogen) atoms. The van der Waals surface area contributed by atoms with Crippen molar-refractivity contribution < 1.29 is 4.79 Å². The molecule has 0 radical (unpaired) electrons. The summed E-state index contributed by atoms with van der Waals surface area (Å²) in [6.45, 7) is 5.01. The number of halogens is 1. The zero-order valence-corrected chi connectivity index (χ0v) is 16.7. The van der Waals surface area contributed by atoms with Gasteiger partial charge in [0.25, 0.3) is 0 Å². The molecule has 0 bridgehead atoms. The van der Waals surface area contributed by atoms with Gasteiger partial charge in [0.15, 0.2) is 24.1 Å². The van der Waals surface area contributed by atoms with Crippen molar-refractivity contribution in [2.45, 2.75) is 31.3 Å². The molecule has 1 atom stereocenters. The minimum absolute atomic E-state index is 0.0503. The maximum absolute atomic E-state index is 11.4. The summed E-state index contributed by atoms with van der Waals surface area (Å²) in [5.41, 5.74) is 8.33. The Hall–Kier alpha value is -2.38. The number of rotatable bonds is 5. The molecule has 3 N–H and O–H groups in total. The van der Waals surface area contributed by atoms with Gasteiger partial charge in [-0.1, -0.05) is 23.7 Å². The summed E-state index contributed by atoms with van der Waals surface area (Å²) in [5, 5.41) is 3.91. The molecule has 2 aliphatic heterocycles. The number of nitrogens with one attached hydrogen (secondary N) is 1. The summed E-state index contributed by atoms with van der Waals surface area (Å²) in [6, 6.07) is 8.04. The van der Waals surface area contributed by atoms with E-state index in [1.807, 2.05) is 24.0 Å². The standard InChI is InChI=1S/C20H25ClN6O/c1-2-27-16(11-28)25-18-17(27)19(24-13-23-18)26-9-7-20(12-22,8-10-26)14-3-5-15(21)6-4-14/h3-6,11,13,16H,2,7-10,12,22H2,1H3,(H,23,24,25). The molecule has 7 nitrogen and oxygen atoms in total. The van der Waals surface area contributed by atoms with Crippen molar-refractivity contribution in [1.29, 1.82) is 0 Å². The van der Waals surface area contributed by atoms with Crippen molar-refractivity contribution in [2.75, 3.05) is 41.3 Å². The van der Waals surface area contributed by atoms with Crippen molar-refractivity contribution in [1.82, 2.24) is 9.97 Å². The van der Waals surface area contributed by atoms with Crippen LogP contribution in [0.1, 0.15) is 25.3 Å². The van der Waals surface area contributed by atoms with E-state index in [9.17, 15) is 4.79 Å². The first kappa shape index (κ1) is 19.0. The van der Waals surface area contributed by atoms with Crippen LogP contribution in [0.2, 0.25) is 5.02 Å². The van der Waals surface area contributed by atoms with E-state index in [-0.39, 0.29) is 5.41 Å². The number of benzene rings is 1. The van der Waals surface area contributed by atoms with Crippen molar-refractivity contribution in [2.24, 2.45) is 5.73 Å². The Morgan fingerprint density at radius 3 is 2.61 bits per heavy atom. The number of carbonyl (C=O) groups is 1.